The van der Waals surface area contributed by atoms with Gasteiger partial charge in [-0.2, -0.15) is 14.0 Å². The molecule has 0 saturated heterocycles. The number of ether oxygens (including phenoxy) is 2. The molecule has 1 heterocycles. The molecule has 1 aliphatic heterocycles. The molecule has 0 bridgehead atoms. The summed E-state index contributed by atoms with van der Waals surface area (Å²) in [6, 6.07) is 3.29. The van der Waals surface area contributed by atoms with Crippen molar-refractivity contribution in [2.45, 2.75) is 4.90 Å². The quantitative estimate of drug-likeness (QED) is 0.661. The van der Waals surface area contributed by atoms with Gasteiger partial charge in [0.05, 0.1) is 29.4 Å². The summed E-state index contributed by atoms with van der Waals surface area (Å²) in [6.45, 7) is 0. The third-order valence-corrected chi connectivity index (χ3v) is 4.71. The summed E-state index contributed by atoms with van der Waals surface area (Å²) in [6.07, 6.45) is 3.39. The first-order valence-electron chi connectivity index (χ1n) is 5.06. The molecule has 0 spiro atoms. The molecule has 1 aromatic rings. The maximum Gasteiger partial charge on any atom is 0.161 e. The SMILES string of the molecule is COc1cc2c(cc1OC)S(O[Cl+3]([O-])([O-])[O-])=CC=C2. The molecule has 0 radical (unpaired) electrons. The van der Waals surface area contributed by atoms with Crippen LogP contribution < -0.4 is 23.5 Å². The Bertz CT molecular complexity index is 549. The minimum atomic E-state index is -4.50. The normalized spacial score (nSPS) is 17.6. The highest BCUT2D eigenvalue weighted by Crippen LogP contribution is 2.41. The van der Waals surface area contributed by atoms with Crippen molar-refractivity contribution < 1.29 is 37.4 Å². The molecule has 1 aliphatic rings. The van der Waals surface area contributed by atoms with Crippen LogP contribution >= 0.6 is 10.8 Å². The van der Waals surface area contributed by atoms with Crippen molar-refractivity contribution in [1.82, 2.24) is 0 Å². The summed E-state index contributed by atoms with van der Waals surface area (Å²) in [7, 11) is -2.80. The first-order valence-corrected chi connectivity index (χ1v) is 7.51. The van der Waals surface area contributed by atoms with Crippen LogP contribution in [0.3, 0.4) is 0 Å². The van der Waals surface area contributed by atoms with E-state index in [0.29, 0.717) is 22.0 Å². The van der Waals surface area contributed by atoms with E-state index in [1.807, 2.05) is 0 Å². The Hall–Kier alpha value is -1.09. The van der Waals surface area contributed by atoms with Gasteiger partial charge in [-0.1, -0.05) is 12.2 Å². The van der Waals surface area contributed by atoms with Crippen LogP contribution in [0.25, 0.3) is 6.08 Å². The van der Waals surface area contributed by atoms with E-state index in [9.17, 15) is 14.0 Å². The van der Waals surface area contributed by atoms with Gasteiger partial charge in [0.2, 0.25) is 0 Å². The number of benzene rings is 1. The van der Waals surface area contributed by atoms with E-state index in [0.717, 1.165) is 0 Å². The molecule has 0 fully saturated rings. The zero-order chi connectivity index (χ0) is 14.0. The van der Waals surface area contributed by atoms with Gasteiger partial charge in [0, 0.05) is 11.4 Å². The lowest BCUT2D eigenvalue weighted by molar-refractivity contribution is -1.91. The highest BCUT2D eigenvalue weighted by atomic mass is 35.7. The zero-order valence-corrected chi connectivity index (χ0v) is 11.7. The average Bonchev–Trinajstić information content (AvgIpc) is 2.35. The fourth-order valence-corrected chi connectivity index (χ4v) is 3.66. The van der Waals surface area contributed by atoms with E-state index in [-0.39, 0.29) is 0 Å². The summed E-state index contributed by atoms with van der Waals surface area (Å²) in [5.74, 6) is 0.949. The summed E-state index contributed by atoms with van der Waals surface area (Å²) in [5.41, 5.74) is 0.710. The summed E-state index contributed by atoms with van der Waals surface area (Å²) >= 11 is 0. The average molecular weight is 307 g/mol. The third kappa shape index (κ3) is 3.27. The van der Waals surface area contributed by atoms with Gasteiger partial charge < -0.3 is 9.47 Å². The van der Waals surface area contributed by atoms with Crippen molar-refractivity contribution in [1.29, 1.82) is 0 Å². The van der Waals surface area contributed by atoms with E-state index in [2.05, 4.69) is 3.74 Å². The second-order valence-corrected chi connectivity index (χ2v) is 6.05. The van der Waals surface area contributed by atoms with Gasteiger partial charge in [-0.3, -0.25) is 0 Å². The Labute approximate surface area is 114 Å². The first-order chi connectivity index (χ1) is 8.94. The van der Waals surface area contributed by atoms with Crippen LogP contribution in [0, 0.1) is 10.2 Å². The van der Waals surface area contributed by atoms with Gasteiger partial charge in [-0.05, 0) is 11.6 Å². The van der Waals surface area contributed by atoms with Crippen LogP contribution in [0.5, 0.6) is 11.5 Å². The summed E-state index contributed by atoms with van der Waals surface area (Å²) < 4.78 is 46.8. The van der Waals surface area contributed by atoms with Crippen LogP contribution in [0.4, 0.5) is 0 Å². The molecule has 6 nitrogen and oxygen atoms in total. The van der Waals surface area contributed by atoms with Gasteiger partial charge in [-0.15, -0.1) is 0 Å². The van der Waals surface area contributed by atoms with Gasteiger partial charge in [0.25, 0.3) is 0 Å². The summed E-state index contributed by atoms with van der Waals surface area (Å²) in [4.78, 5) is 0.548. The Morgan fingerprint density at radius 1 is 1.05 bits per heavy atom. The highest BCUT2D eigenvalue weighted by Gasteiger charge is 2.27. The molecule has 1 atom stereocenters. The number of hydrogen-bond acceptors (Lipinski definition) is 6. The van der Waals surface area contributed by atoms with Crippen LogP contribution in [0.15, 0.2) is 23.1 Å². The Balaban J connectivity index is 2.47. The van der Waals surface area contributed by atoms with Crippen molar-refractivity contribution in [3.63, 3.8) is 0 Å². The van der Waals surface area contributed by atoms with E-state index in [1.165, 1.54) is 19.6 Å². The molecule has 1 unspecified atom stereocenters. The molecule has 2 rings (SSSR count). The third-order valence-electron chi connectivity index (χ3n) is 2.36. The van der Waals surface area contributed by atoms with E-state index < -0.39 is 21.0 Å². The number of fused-ring (bicyclic) bond motifs is 1. The molecule has 19 heavy (non-hydrogen) atoms. The predicted octanol–water partition coefficient (Wildman–Crippen LogP) is -1.01. The van der Waals surface area contributed by atoms with Gasteiger partial charge in [-0.25, -0.2) is 0 Å². The van der Waals surface area contributed by atoms with Crippen molar-refractivity contribution in [2.24, 2.45) is 0 Å². The van der Waals surface area contributed by atoms with E-state index in [1.54, 1.807) is 24.3 Å². The molecule has 0 aliphatic carbocycles. The minimum Gasteiger partial charge on any atom is -0.493 e. The van der Waals surface area contributed by atoms with Gasteiger partial charge in [0.15, 0.2) is 11.5 Å². The van der Waals surface area contributed by atoms with Crippen molar-refractivity contribution in [2.75, 3.05) is 14.2 Å². The Morgan fingerprint density at radius 2 is 1.68 bits per heavy atom. The number of allylic oxidation sites excluding steroid dienone is 1. The lowest BCUT2D eigenvalue weighted by atomic mass is 10.2. The molecule has 0 N–H and O–H groups in total. The number of methoxy groups -OCH3 is 2. The lowest BCUT2D eigenvalue weighted by Crippen LogP contribution is -2.60. The maximum absolute atomic E-state index is 10.7. The molecular formula is C11H11ClO6S. The molecular weight excluding hydrogens is 296 g/mol. The molecule has 104 valence electrons. The van der Waals surface area contributed by atoms with Crippen molar-refractivity contribution in [3.8, 4) is 11.5 Å². The van der Waals surface area contributed by atoms with Crippen LogP contribution in [0.2, 0.25) is 0 Å². The molecule has 8 heteroatoms. The first kappa shape index (κ1) is 14.3. The lowest BCUT2D eigenvalue weighted by Gasteiger charge is -2.18. The highest BCUT2D eigenvalue weighted by molar-refractivity contribution is 8.11. The Kier molecular flexibility index (Phi) is 4.14. The fourth-order valence-electron chi connectivity index (χ4n) is 1.61. The second-order valence-electron chi connectivity index (χ2n) is 3.48. The topological polar surface area (TPSA) is 96.9 Å². The maximum atomic E-state index is 10.7. The van der Waals surface area contributed by atoms with Crippen LogP contribution in [-0.4, -0.2) is 19.6 Å². The second kappa shape index (κ2) is 5.49. The monoisotopic (exact) mass is 306 g/mol. The van der Waals surface area contributed by atoms with E-state index >= 15 is 0 Å². The Morgan fingerprint density at radius 3 is 2.26 bits per heavy atom. The van der Waals surface area contributed by atoms with Gasteiger partial charge >= 0.3 is 0 Å². The number of rotatable bonds is 4. The molecule has 0 saturated carbocycles. The number of halogens is 1. The summed E-state index contributed by atoms with van der Waals surface area (Å²) in [5, 5.41) is 1.50. The molecule has 0 amide bonds. The fraction of sp³-hybridized carbons (Fsp3) is 0.182. The largest absolute Gasteiger partial charge is 0.493 e. The molecule has 0 aromatic heterocycles. The van der Waals surface area contributed by atoms with Crippen LogP contribution in [-0.2, 0) is 3.74 Å². The van der Waals surface area contributed by atoms with Crippen molar-refractivity contribution in [3.05, 3.63) is 23.8 Å². The van der Waals surface area contributed by atoms with Crippen molar-refractivity contribution >= 4 is 22.2 Å². The van der Waals surface area contributed by atoms with Gasteiger partial charge in [0.1, 0.15) is 14.5 Å². The standard InChI is InChI=1S/C11H11ClO6S/c1-16-9-6-8-4-3-5-19(18-12(13,14)15)11(8)7-10(9)17-2/h3-7H,1-2H3. The minimum absolute atomic E-state index is 0.436. The number of hydrogen-bond donors (Lipinski definition) is 0. The zero-order valence-electron chi connectivity index (χ0n) is 10.1. The van der Waals surface area contributed by atoms with Crippen LogP contribution in [0.1, 0.15) is 5.56 Å². The van der Waals surface area contributed by atoms with E-state index in [4.69, 9.17) is 9.47 Å². The smallest absolute Gasteiger partial charge is 0.161 e. The molecule has 1 aromatic carbocycles. The predicted molar refractivity (Wildman–Crippen MR) is 61.6 cm³/mol.